The predicted octanol–water partition coefficient (Wildman–Crippen LogP) is 4.73. The van der Waals surface area contributed by atoms with Gasteiger partial charge in [-0.2, -0.15) is 0 Å². The smallest absolute Gasteiger partial charge is 0.270 e. The molecular formula is C18H16N2O3. The van der Waals surface area contributed by atoms with Crippen LogP contribution in [-0.2, 0) is 0 Å². The lowest BCUT2D eigenvalue weighted by atomic mass is 9.99. The fraction of sp³-hybridized carbons (Fsp3) is 0.167. The second-order valence-corrected chi connectivity index (χ2v) is 5.40. The quantitative estimate of drug-likeness (QED) is 0.420. The number of carbonyl (C=O) groups excluding carboxylic acids is 1. The summed E-state index contributed by atoms with van der Waals surface area (Å²) in [5.74, 6) is 0.0187. The maximum absolute atomic E-state index is 12.5. The van der Waals surface area contributed by atoms with Crippen LogP contribution >= 0.6 is 0 Å². The molecule has 2 aromatic carbocycles. The van der Waals surface area contributed by atoms with Crippen LogP contribution in [0.3, 0.4) is 0 Å². The van der Waals surface area contributed by atoms with Gasteiger partial charge >= 0.3 is 0 Å². The summed E-state index contributed by atoms with van der Waals surface area (Å²) < 4.78 is 0. The predicted molar refractivity (Wildman–Crippen MR) is 89.6 cm³/mol. The highest BCUT2D eigenvalue weighted by Crippen LogP contribution is 2.35. The molecule has 1 N–H and O–H groups in total. The highest BCUT2D eigenvalue weighted by molar-refractivity contribution is 6.10. The van der Waals surface area contributed by atoms with Gasteiger partial charge in [-0.15, -0.1) is 0 Å². The number of nitrogens with zero attached hydrogens (tertiary/aromatic N) is 1. The average Bonchev–Trinajstić information content (AvgIpc) is 2.94. The summed E-state index contributed by atoms with van der Waals surface area (Å²) in [4.78, 5) is 26.2. The SMILES string of the molecule is CCCC(=O)c1[nH]c2ccc([N+](=O)[O-])cc2c1-c1ccccc1. The van der Waals surface area contributed by atoms with E-state index >= 15 is 0 Å². The van der Waals surface area contributed by atoms with Crippen LogP contribution in [0, 0.1) is 10.1 Å². The zero-order chi connectivity index (χ0) is 16.4. The maximum atomic E-state index is 12.5. The molecule has 0 unspecified atom stereocenters. The van der Waals surface area contributed by atoms with Gasteiger partial charge in [0.1, 0.15) is 0 Å². The van der Waals surface area contributed by atoms with Crippen molar-refractivity contribution in [2.75, 3.05) is 0 Å². The third-order valence-corrected chi connectivity index (χ3v) is 3.81. The number of nitro benzene ring substituents is 1. The van der Waals surface area contributed by atoms with Crippen LogP contribution in [0.5, 0.6) is 0 Å². The molecule has 3 rings (SSSR count). The molecule has 0 bridgehead atoms. The Morgan fingerprint density at radius 2 is 1.91 bits per heavy atom. The van der Waals surface area contributed by atoms with Crippen LogP contribution in [0.4, 0.5) is 5.69 Å². The molecule has 5 nitrogen and oxygen atoms in total. The van der Waals surface area contributed by atoms with Gasteiger partial charge in [0, 0.05) is 35.0 Å². The number of benzene rings is 2. The Hall–Kier alpha value is -2.95. The molecule has 0 aliphatic rings. The Morgan fingerprint density at radius 1 is 1.17 bits per heavy atom. The third kappa shape index (κ3) is 2.73. The summed E-state index contributed by atoms with van der Waals surface area (Å²) in [6, 6.07) is 14.1. The van der Waals surface area contributed by atoms with E-state index in [1.165, 1.54) is 12.1 Å². The third-order valence-electron chi connectivity index (χ3n) is 3.81. The lowest BCUT2D eigenvalue weighted by Crippen LogP contribution is -2.00. The van der Waals surface area contributed by atoms with Crippen molar-refractivity contribution in [2.24, 2.45) is 0 Å². The number of aromatic amines is 1. The number of nitro groups is 1. The molecule has 0 aliphatic carbocycles. The Balaban J connectivity index is 2.30. The van der Waals surface area contributed by atoms with E-state index < -0.39 is 4.92 Å². The molecule has 0 aliphatic heterocycles. The van der Waals surface area contributed by atoms with Gasteiger partial charge in [0.05, 0.1) is 10.6 Å². The van der Waals surface area contributed by atoms with Gasteiger partial charge < -0.3 is 4.98 Å². The zero-order valence-corrected chi connectivity index (χ0v) is 12.7. The van der Waals surface area contributed by atoms with Crippen molar-refractivity contribution in [1.82, 2.24) is 4.98 Å². The summed E-state index contributed by atoms with van der Waals surface area (Å²) in [6.07, 6.45) is 1.19. The van der Waals surface area contributed by atoms with E-state index in [2.05, 4.69) is 4.98 Å². The average molecular weight is 308 g/mol. The van der Waals surface area contributed by atoms with Crippen LogP contribution in [0.15, 0.2) is 48.5 Å². The fourth-order valence-corrected chi connectivity index (χ4v) is 2.76. The first kappa shape index (κ1) is 15.0. The Morgan fingerprint density at radius 3 is 2.57 bits per heavy atom. The first-order valence-corrected chi connectivity index (χ1v) is 7.50. The molecule has 1 heterocycles. The summed E-state index contributed by atoms with van der Waals surface area (Å²) in [5, 5.41) is 11.8. The first-order chi connectivity index (χ1) is 11.1. The summed E-state index contributed by atoms with van der Waals surface area (Å²) in [6.45, 7) is 1.95. The largest absolute Gasteiger partial charge is 0.352 e. The number of hydrogen-bond donors (Lipinski definition) is 1. The van der Waals surface area contributed by atoms with Gasteiger partial charge in [0.25, 0.3) is 5.69 Å². The molecular weight excluding hydrogens is 292 g/mol. The van der Waals surface area contributed by atoms with E-state index in [9.17, 15) is 14.9 Å². The minimum atomic E-state index is -0.422. The summed E-state index contributed by atoms with van der Waals surface area (Å²) >= 11 is 0. The molecule has 5 heteroatoms. The van der Waals surface area contributed by atoms with Crippen molar-refractivity contribution >= 4 is 22.4 Å². The molecule has 0 atom stereocenters. The topological polar surface area (TPSA) is 76.0 Å². The molecule has 0 saturated heterocycles. The molecule has 0 radical (unpaired) electrons. The number of rotatable bonds is 5. The van der Waals surface area contributed by atoms with Crippen LogP contribution in [0.25, 0.3) is 22.0 Å². The number of carbonyl (C=O) groups is 1. The van der Waals surface area contributed by atoms with Gasteiger partial charge in [-0.25, -0.2) is 0 Å². The molecule has 116 valence electrons. The lowest BCUT2D eigenvalue weighted by molar-refractivity contribution is -0.384. The summed E-state index contributed by atoms with van der Waals surface area (Å²) in [7, 11) is 0. The second kappa shape index (κ2) is 6.04. The van der Waals surface area contributed by atoms with Gasteiger partial charge in [-0.05, 0) is 18.1 Å². The fourth-order valence-electron chi connectivity index (χ4n) is 2.76. The van der Waals surface area contributed by atoms with E-state index in [0.717, 1.165) is 23.1 Å². The van der Waals surface area contributed by atoms with E-state index in [1.807, 2.05) is 37.3 Å². The van der Waals surface area contributed by atoms with Crippen molar-refractivity contribution in [3.63, 3.8) is 0 Å². The number of fused-ring (bicyclic) bond motifs is 1. The van der Waals surface area contributed by atoms with E-state index in [1.54, 1.807) is 6.07 Å². The van der Waals surface area contributed by atoms with Crippen molar-refractivity contribution in [3.8, 4) is 11.1 Å². The maximum Gasteiger partial charge on any atom is 0.270 e. The highest BCUT2D eigenvalue weighted by Gasteiger charge is 2.20. The van der Waals surface area contributed by atoms with Crippen LogP contribution in [-0.4, -0.2) is 15.7 Å². The number of hydrogen-bond acceptors (Lipinski definition) is 3. The number of H-pyrrole nitrogens is 1. The standard InChI is InChI=1S/C18H16N2O3/c1-2-6-16(21)18-17(12-7-4-3-5-8-12)14-11-13(20(22)23)9-10-15(14)19-18/h3-5,7-11,19H,2,6H2,1H3. The van der Waals surface area contributed by atoms with Crippen molar-refractivity contribution in [3.05, 3.63) is 64.3 Å². The Bertz CT molecular complexity index is 882. The second-order valence-electron chi connectivity index (χ2n) is 5.40. The number of Topliss-reactive ketones (excluding diaryl/α,β-unsaturated/α-hetero) is 1. The molecule has 3 aromatic rings. The normalized spacial score (nSPS) is 10.8. The van der Waals surface area contributed by atoms with Gasteiger partial charge in [-0.1, -0.05) is 37.3 Å². The van der Waals surface area contributed by atoms with E-state index in [4.69, 9.17) is 0 Å². The number of ketones is 1. The van der Waals surface area contributed by atoms with Gasteiger partial charge in [-0.3, -0.25) is 14.9 Å². The minimum absolute atomic E-state index is 0.0168. The minimum Gasteiger partial charge on any atom is -0.352 e. The molecule has 0 amide bonds. The van der Waals surface area contributed by atoms with Gasteiger partial charge in [0.15, 0.2) is 5.78 Å². The molecule has 0 spiro atoms. The van der Waals surface area contributed by atoms with Crippen molar-refractivity contribution in [2.45, 2.75) is 19.8 Å². The lowest BCUT2D eigenvalue weighted by Gasteiger charge is -2.04. The Kier molecular flexibility index (Phi) is 3.93. The number of nitrogens with one attached hydrogen (secondary N) is 1. The molecule has 23 heavy (non-hydrogen) atoms. The summed E-state index contributed by atoms with van der Waals surface area (Å²) in [5.41, 5.74) is 2.88. The Labute approximate surface area is 133 Å². The molecule has 1 aromatic heterocycles. The monoisotopic (exact) mass is 308 g/mol. The van der Waals surface area contributed by atoms with Crippen molar-refractivity contribution < 1.29 is 9.72 Å². The molecule has 0 fully saturated rings. The van der Waals surface area contributed by atoms with Crippen LogP contribution in [0.2, 0.25) is 0 Å². The molecule has 0 saturated carbocycles. The number of aromatic nitrogens is 1. The van der Waals surface area contributed by atoms with Crippen LogP contribution < -0.4 is 0 Å². The van der Waals surface area contributed by atoms with Gasteiger partial charge in [0.2, 0.25) is 0 Å². The number of non-ortho nitro benzene ring substituents is 1. The zero-order valence-electron chi connectivity index (χ0n) is 12.7. The van der Waals surface area contributed by atoms with Crippen LogP contribution in [0.1, 0.15) is 30.3 Å². The highest BCUT2D eigenvalue weighted by atomic mass is 16.6. The van der Waals surface area contributed by atoms with E-state index in [0.29, 0.717) is 17.5 Å². The first-order valence-electron chi connectivity index (χ1n) is 7.50. The van der Waals surface area contributed by atoms with Crippen molar-refractivity contribution in [1.29, 1.82) is 0 Å². The van der Waals surface area contributed by atoms with E-state index in [-0.39, 0.29) is 11.5 Å².